The van der Waals surface area contributed by atoms with E-state index in [1.54, 1.807) is 6.92 Å². The Morgan fingerprint density at radius 2 is 1.27 bits per heavy atom. The maximum absolute atomic E-state index is 12.9. The van der Waals surface area contributed by atoms with E-state index < -0.39 is 6.29 Å². The van der Waals surface area contributed by atoms with Gasteiger partial charge in [-0.1, -0.05) is 127 Å². The maximum Gasteiger partial charge on any atom is 0.317 e. The van der Waals surface area contributed by atoms with Crippen LogP contribution < -0.4 is 4.74 Å². The topological polar surface area (TPSA) is 35.5 Å². The fourth-order valence-electron chi connectivity index (χ4n) is 5.49. The molecule has 0 radical (unpaired) electrons. The van der Waals surface area contributed by atoms with E-state index in [1.165, 1.54) is 88.2 Å². The molecule has 0 aliphatic rings. The third kappa shape index (κ3) is 14.9. The van der Waals surface area contributed by atoms with Gasteiger partial charge in [-0.3, -0.25) is 4.79 Å². The van der Waals surface area contributed by atoms with Crippen molar-refractivity contribution in [2.24, 2.45) is 5.92 Å². The Morgan fingerprint density at radius 1 is 0.725 bits per heavy atom. The second kappa shape index (κ2) is 19.7. The first-order valence-electron chi connectivity index (χ1n) is 16.1. The molecule has 0 aliphatic carbocycles. The van der Waals surface area contributed by atoms with Crippen LogP contribution in [0.5, 0.6) is 5.75 Å². The molecule has 0 aliphatic heterocycles. The molecule has 224 valence electrons. The molecule has 2 atom stereocenters. The molecule has 4 heteroatoms. The van der Waals surface area contributed by atoms with Crippen LogP contribution in [0.3, 0.4) is 0 Å². The molecule has 0 spiro atoms. The fourth-order valence-corrected chi connectivity index (χ4v) is 5.49. The maximum atomic E-state index is 12.9. The minimum Gasteiger partial charge on any atom is -0.455 e. The highest BCUT2D eigenvalue weighted by molar-refractivity contribution is 5.72. The summed E-state index contributed by atoms with van der Waals surface area (Å²) in [6.45, 7) is 7.74. The Hall–Kier alpha value is -2.33. The van der Waals surface area contributed by atoms with Gasteiger partial charge < -0.3 is 14.0 Å². The molecular weight excluding hydrogens is 494 g/mol. The van der Waals surface area contributed by atoms with Gasteiger partial charge in [0.05, 0.1) is 20.6 Å². The number of benzene rings is 2. The lowest BCUT2D eigenvalue weighted by Gasteiger charge is -2.33. The van der Waals surface area contributed by atoms with Crippen LogP contribution in [0.2, 0.25) is 0 Å². The van der Waals surface area contributed by atoms with Gasteiger partial charge in [0.15, 0.2) is 0 Å². The highest BCUT2D eigenvalue weighted by atomic mass is 16.7. The molecule has 0 N–H and O–H groups in total. The summed E-state index contributed by atoms with van der Waals surface area (Å²) in [5, 5.41) is 0. The van der Waals surface area contributed by atoms with Gasteiger partial charge in [-0.25, -0.2) is 0 Å². The van der Waals surface area contributed by atoms with Gasteiger partial charge in [-0.15, -0.1) is 0 Å². The summed E-state index contributed by atoms with van der Waals surface area (Å²) >= 11 is 0. The average molecular weight is 553 g/mol. The van der Waals surface area contributed by atoms with E-state index in [9.17, 15) is 4.79 Å². The first kappa shape index (κ1) is 33.9. The Balaban J connectivity index is 1.62. The lowest BCUT2D eigenvalue weighted by atomic mass is 10.0. The van der Waals surface area contributed by atoms with E-state index in [0.29, 0.717) is 0 Å². The number of aryl methyl sites for hydroxylation is 1. The summed E-state index contributed by atoms with van der Waals surface area (Å²) in [5.74, 6) is 0.396. The molecule has 40 heavy (non-hydrogen) atoms. The summed E-state index contributed by atoms with van der Waals surface area (Å²) in [6.07, 6.45) is 17.7. The summed E-state index contributed by atoms with van der Waals surface area (Å²) in [7, 11) is 4.34. The Kier molecular flexibility index (Phi) is 16.7. The minimum absolute atomic E-state index is 0.164. The number of nitrogens with zero attached hydrogens (tertiary/aromatic N) is 1. The van der Waals surface area contributed by atoms with Crippen LogP contribution in [-0.4, -0.2) is 37.4 Å². The molecule has 2 aromatic rings. The third-order valence-electron chi connectivity index (χ3n) is 7.82. The van der Waals surface area contributed by atoms with Crippen LogP contribution in [0.4, 0.5) is 0 Å². The molecule has 2 aromatic carbocycles. The average Bonchev–Trinajstić information content (AvgIpc) is 2.93. The number of unbranched alkanes of at least 4 members (excludes halogenated alkanes) is 11. The number of quaternary nitrogens is 1. The molecule has 2 unspecified atom stereocenters. The molecule has 0 amide bonds. The van der Waals surface area contributed by atoms with Crippen molar-refractivity contribution in [2.75, 3.05) is 20.6 Å². The van der Waals surface area contributed by atoms with Crippen LogP contribution in [0.25, 0.3) is 0 Å². The van der Waals surface area contributed by atoms with Crippen LogP contribution in [0.1, 0.15) is 115 Å². The monoisotopic (exact) mass is 552 g/mol. The zero-order valence-corrected chi connectivity index (χ0v) is 26.3. The van der Waals surface area contributed by atoms with E-state index in [2.05, 4.69) is 64.3 Å². The van der Waals surface area contributed by atoms with Crippen molar-refractivity contribution in [1.29, 1.82) is 0 Å². The number of hydrogen-bond acceptors (Lipinski definition) is 3. The number of carbonyl (C=O) groups excluding carboxylic acids is 1. The van der Waals surface area contributed by atoms with Gasteiger partial charge in [-0.2, -0.15) is 0 Å². The molecular formula is C36H58NO3+. The number of esters is 1. The van der Waals surface area contributed by atoms with Gasteiger partial charge in [0, 0.05) is 12.5 Å². The molecule has 0 saturated carbocycles. The lowest BCUT2D eigenvalue weighted by molar-refractivity contribution is -0.906. The quantitative estimate of drug-likeness (QED) is 0.0631. The van der Waals surface area contributed by atoms with Crippen molar-refractivity contribution in [1.82, 2.24) is 0 Å². The second-order valence-electron chi connectivity index (χ2n) is 12.3. The molecule has 0 fully saturated rings. The van der Waals surface area contributed by atoms with Crippen molar-refractivity contribution in [2.45, 2.75) is 123 Å². The zero-order chi connectivity index (χ0) is 29.1. The van der Waals surface area contributed by atoms with E-state index in [0.717, 1.165) is 36.2 Å². The molecule has 0 bridgehead atoms. The third-order valence-corrected chi connectivity index (χ3v) is 7.82. The molecule has 4 nitrogen and oxygen atoms in total. The Bertz CT molecular complexity index is 909. The molecule has 0 saturated heterocycles. The van der Waals surface area contributed by atoms with Crippen molar-refractivity contribution < 1.29 is 18.8 Å². The lowest BCUT2D eigenvalue weighted by Crippen LogP contribution is -2.45. The highest BCUT2D eigenvalue weighted by Gasteiger charge is 2.29. The van der Waals surface area contributed by atoms with E-state index in [4.69, 9.17) is 9.47 Å². The number of hydrogen-bond donors (Lipinski definition) is 0. The van der Waals surface area contributed by atoms with E-state index in [-0.39, 0.29) is 11.9 Å². The van der Waals surface area contributed by atoms with Crippen LogP contribution in [0.15, 0.2) is 54.6 Å². The normalized spacial score (nSPS) is 13.1. The SMILES string of the molecule is CCCCCCCCCCCCCCc1ccc(OC(C)OC(=O)C(CC)C[N+](C)(C)Cc2ccccc2)cc1. The molecule has 2 rings (SSSR count). The smallest absolute Gasteiger partial charge is 0.317 e. The first-order chi connectivity index (χ1) is 19.3. The number of carbonyl (C=O) groups is 1. The van der Waals surface area contributed by atoms with Gasteiger partial charge >= 0.3 is 5.97 Å². The summed E-state index contributed by atoms with van der Waals surface area (Å²) in [6, 6.07) is 18.7. The minimum atomic E-state index is -0.617. The molecule has 0 aromatic heterocycles. The van der Waals surface area contributed by atoms with Gasteiger partial charge in [0.1, 0.15) is 18.2 Å². The standard InChI is InChI=1S/C36H58NO3/c1-6-8-9-10-11-12-13-14-15-16-17-19-22-32-25-27-35(28-26-32)39-31(3)40-36(38)34(7-2)30-37(4,5)29-33-23-20-18-21-24-33/h18,20-21,23-28,31,34H,6-17,19,22,29-30H2,1-5H3/q+1. The van der Waals surface area contributed by atoms with Crippen molar-refractivity contribution in [3.8, 4) is 5.75 Å². The Morgan fingerprint density at radius 3 is 1.82 bits per heavy atom. The van der Waals surface area contributed by atoms with Crippen LogP contribution in [0, 0.1) is 5.92 Å². The number of rotatable bonds is 22. The number of ether oxygens (including phenoxy) is 2. The Labute approximate surface area is 246 Å². The predicted octanol–water partition coefficient (Wildman–Crippen LogP) is 9.50. The van der Waals surface area contributed by atoms with E-state index >= 15 is 0 Å². The van der Waals surface area contributed by atoms with Crippen molar-refractivity contribution in [3.05, 3.63) is 65.7 Å². The summed E-state index contributed by atoms with van der Waals surface area (Å²) in [5.41, 5.74) is 2.61. The largest absolute Gasteiger partial charge is 0.455 e. The molecule has 0 heterocycles. The van der Waals surface area contributed by atoms with Gasteiger partial charge in [0.2, 0.25) is 6.29 Å². The van der Waals surface area contributed by atoms with Gasteiger partial charge in [0.25, 0.3) is 0 Å². The highest BCUT2D eigenvalue weighted by Crippen LogP contribution is 2.20. The second-order valence-corrected chi connectivity index (χ2v) is 12.3. The van der Waals surface area contributed by atoms with Crippen molar-refractivity contribution in [3.63, 3.8) is 0 Å². The predicted molar refractivity (Wildman–Crippen MR) is 168 cm³/mol. The van der Waals surface area contributed by atoms with Crippen LogP contribution >= 0.6 is 0 Å². The summed E-state index contributed by atoms with van der Waals surface area (Å²) < 4.78 is 12.4. The zero-order valence-electron chi connectivity index (χ0n) is 26.3. The first-order valence-corrected chi connectivity index (χ1v) is 16.1. The fraction of sp³-hybridized carbons (Fsp3) is 0.639. The summed E-state index contributed by atoms with van der Waals surface area (Å²) in [4.78, 5) is 12.9. The van der Waals surface area contributed by atoms with Crippen LogP contribution in [-0.2, 0) is 22.5 Å². The van der Waals surface area contributed by atoms with E-state index in [1.807, 2.05) is 18.2 Å². The van der Waals surface area contributed by atoms with Crippen molar-refractivity contribution >= 4 is 5.97 Å². The van der Waals surface area contributed by atoms with Gasteiger partial charge in [-0.05, 0) is 37.0 Å².